The average Bonchev–Trinajstić information content (AvgIpc) is 2.45. The lowest BCUT2D eigenvalue weighted by Crippen LogP contribution is -2.24. The number of likely N-dealkylation sites (N-methyl/N-ethyl adjacent to an activating group) is 1. The zero-order chi connectivity index (χ0) is 15.0. The van der Waals surface area contributed by atoms with Gasteiger partial charge in [-0.25, -0.2) is 0 Å². The van der Waals surface area contributed by atoms with Crippen LogP contribution < -0.4 is 0 Å². The molecule has 0 atom stereocenters. The van der Waals surface area contributed by atoms with Crippen LogP contribution in [0.2, 0.25) is 0 Å². The van der Waals surface area contributed by atoms with Gasteiger partial charge in [-0.3, -0.25) is 14.5 Å². The fourth-order valence-electron chi connectivity index (χ4n) is 2.41. The van der Waals surface area contributed by atoms with E-state index in [0.717, 1.165) is 12.0 Å². The van der Waals surface area contributed by atoms with Crippen molar-refractivity contribution in [2.24, 2.45) is 11.3 Å². The van der Waals surface area contributed by atoms with Crippen molar-refractivity contribution in [2.45, 2.75) is 48.0 Å². The van der Waals surface area contributed by atoms with Crippen molar-refractivity contribution in [3.05, 3.63) is 22.8 Å². The molecule has 2 amide bonds. The Hall–Kier alpha value is -1.38. The maximum absolute atomic E-state index is 12.3. The molecule has 0 aromatic rings. The van der Waals surface area contributed by atoms with Crippen molar-refractivity contribution in [1.82, 2.24) is 4.90 Å². The molecule has 1 saturated heterocycles. The van der Waals surface area contributed by atoms with E-state index in [2.05, 4.69) is 13.8 Å². The van der Waals surface area contributed by atoms with Crippen molar-refractivity contribution in [1.29, 1.82) is 0 Å². The van der Waals surface area contributed by atoms with Gasteiger partial charge in [-0.05, 0) is 17.8 Å². The number of carbonyl (C=O) groups is 2. The Morgan fingerprint density at radius 2 is 1.74 bits per heavy atom. The van der Waals surface area contributed by atoms with Gasteiger partial charge in [0.25, 0.3) is 11.8 Å². The number of likely N-dealkylation sites (tertiary alicyclic amines) is 1. The van der Waals surface area contributed by atoms with E-state index in [1.54, 1.807) is 7.05 Å². The molecule has 1 aliphatic heterocycles. The quantitative estimate of drug-likeness (QED) is 0.566. The largest absolute Gasteiger partial charge is 0.277 e. The fraction of sp³-hybridized carbons (Fsp3) is 0.625. The number of hydrogen-bond acceptors (Lipinski definition) is 2. The highest BCUT2D eigenvalue weighted by Crippen LogP contribution is 2.34. The smallest absolute Gasteiger partial charge is 0.261 e. The third-order valence-corrected chi connectivity index (χ3v) is 3.30. The molecule has 0 aromatic heterocycles. The molecule has 0 bridgehead atoms. The van der Waals surface area contributed by atoms with Crippen LogP contribution in [0.1, 0.15) is 48.0 Å². The van der Waals surface area contributed by atoms with Gasteiger partial charge in [0.05, 0.1) is 5.57 Å². The van der Waals surface area contributed by atoms with Crippen molar-refractivity contribution in [2.75, 3.05) is 7.05 Å². The Kier molecular flexibility index (Phi) is 4.39. The fourth-order valence-corrected chi connectivity index (χ4v) is 2.41. The highest BCUT2D eigenvalue weighted by molar-refractivity contribution is 6.24. The van der Waals surface area contributed by atoms with E-state index < -0.39 is 0 Å². The number of hydrogen-bond donors (Lipinski definition) is 0. The summed E-state index contributed by atoms with van der Waals surface area (Å²) in [5, 5.41) is 0. The van der Waals surface area contributed by atoms with E-state index in [1.807, 2.05) is 33.8 Å². The number of allylic oxidation sites excluding steroid dienone is 2. The Labute approximate surface area is 116 Å². The minimum Gasteiger partial charge on any atom is -0.277 e. The van der Waals surface area contributed by atoms with E-state index in [4.69, 9.17) is 0 Å². The second-order valence-electron chi connectivity index (χ2n) is 6.50. The molecule has 3 heteroatoms. The first kappa shape index (κ1) is 15.7. The minimum absolute atomic E-state index is 0.127. The Morgan fingerprint density at radius 3 is 2.11 bits per heavy atom. The SMILES string of the molecule is CC/C(=C1/C(=O)N(C)C(=O)/C1=C/C(C)(C)C)C(C)C. The lowest BCUT2D eigenvalue weighted by Gasteiger charge is -2.16. The molecule has 0 saturated carbocycles. The standard InChI is InChI=1S/C16H25NO2/c1-8-11(10(2)3)13-12(9-16(4,5)6)14(18)17(7)15(13)19/h9-10H,8H2,1-7H3/b12-9+,13-11-. The Balaban J connectivity index is 3.53. The van der Waals surface area contributed by atoms with Gasteiger partial charge in [0.2, 0.25) is 0 Å². The molecule has 1 rings (SSSR count). The number of carbonyl (C=O) groups excluding carboxylic acids is 2. The third kappa shape index (κ3) is 3.14. The topological polar surface area (TPSA) is 37.4 Å². The number of rotatable bonds is 2. The van der Waals surface area contributed by atoms with Crippen LogP contribution in [0.15, 0.2) is 22.8 Å². The molecule has 0 unspecified atom stereocenters. The van der Waals surface area contributed by atoms with Crippen LogP contribution in [0.25, 0.3) is 0 Å². The summed E-state index contributed by atoms with van der Waals surface area (Å²) in [6.45, 7) is 12.3. The number of amides is 2. The molecule has 0 aliphatic carbocycles. The minimum atomic E-state index is -0.179. The number of nitrogens with zero attached hydrogens (tertiary/aromatic N) is 1. The summed E-state index contributed by atoms with van der Waals surface area (Å²) >= 11 is 0. The van der Waals surface area contributed by atoms with Crippen LogP contribution in [0.5, 0.6) is 0 Å². The van der Waals surface area contributed by atoms with Crippen molar-refractivity contribution < 1.29 is 9.59 Å². The van der Waals surface area contributed by atoms with Crippen LogP contribution in [-0.2, 0) is 9.59 Å². The molecular formula is C16H25NO2. The molecule has 1 fully saturated rings. The molecule has 1 heterocycles. The molecule has 0 aromatic carbocycles. The summed E-state index contributed by atoms with van der Waals surface area (Å²) in [5.41, 5.74) is 2.14. The Bertz CT molecular complexity index is 462. The average molecular weight is 263 g/mol. The van der Waals surface area contributed by atoms with Gasteiger partial charge < -0.3 is 0 Å². The summed E-state index contributed by atoms with van der Waals surface area (Å²) in [6, 6.07) is 0. The summed E-state index contributed by atoms with van der Waals surface area (Å²) in [7, 11) is 1.56. The van der Waals surface area contributed by atoms with E-state index in [1.165, 1.54) is 4.90 Å². The van der Waals surface area contributed by atoms with E-state index >= 15 is 0 Å². The molecule has 0 radical (unpaired) electrons. The predicted molar refractivity (Wildman–Crippen MR) is 77.5 cm³/mol. The van der Waals surface area contributed by atoms with Gasteiger partial charge in [0, 0.05) is 12.6 Å². The summed E-state index contributed by atoms with van der Waals surface area (Å²) in [4.78, 5) is 25.8. The maximum atomic E-state index is 12.3. The van der Waals surface area contributed by atoms with Crippen LogP contribution in [0.3, 0.4) is 0 Å². The van der Waals surface area contributed by atoms with Gasteiger partial charge in [0.15, 0.2) is 0 Å². The zero-order valence-electron chi connectivity index (χ0n) is 13.1. The lowest BCUT2D eigenvalue weighted by molar-refractivity contribution is -0.134. The van der Waals surface area contributed by atoms with Gasteiger partial charge in [-0.2, -0.15) is 0 Å². The van der Waals surface area contributed by atoms with Crippen LogP contribution in [-0.4, -0.2) is 23.8 Å². The molecule has 0 spiro atoms. The molecule has 19 heavy (non-hydrogen) atoms. The zero-order valence-corrected chi connectivity index (χ0v) is 13.1. The van der Waals surface area contributed by atoms with E-state index in [9.17, 15) is 9.59 Å². The summed E-state index contributed by atoms with van der Waals surface area (Å²) in [6.07, 6.45) is 2.71. The van der Waals surface area contributed by atoms with Crippen molar-refractivity contribution in [3.8, 4) is 0 Å². The second-order valence-corrected chi connectivity index (χ2v) is 6.50. The van der Waals surface area contributed by atoms with Gasteiger partial charge in [-0.1, -0.05) is 53.2 Å². The van der Waals surface area contributed by atoms with E-state index in [0.29, 0.717) is 11.1 Å². The first-order valence-electron chi connectivity index (χ1n) is 6.88. The van der Waals surface area contributed by atoms with Crippen molar-refractivity contribution in [3.63, 3.8) is 0 Å². The normalized spacial score (nSPS) is 21.9. The molecule has 3 nitrogen and oxygen atoms in total. The first-order chi connectivity index (χ1) is 8.60. The van der Waals surface area contributed by atoms with Crippen LogP contribution in [0, 0.1) is 11.3 Å². The highest BCUT2D eigenvalue weighted by Gasteiger charge is 2.38. The molecular weight excluding hydrogens is 238 g/mol. The third-order valence-electron chi connectivity index (χ3n) is 3.30. The summed E-state index contributed by atoms with van der Waals surface area (Å²) in [5.74, 6) is -0.0702. The van der Waals surface area contributed by atoms with Crippen LogP contribution >= 0.6 is 0 Å². The van der Waals surface area contributed by atoms with Crippen molar-refractivity contribution >= 4 is 11.8 Å². The molecule has 1 aliphatic rings. The summed E-state index contributed by atoms with van der Waals surface area (Å²) < 4.78 is 0. The lowest BCUT2D eigenvalue weighted by atomic mass is 9.87. The highest BCUT2D eigenvalue weighted by atomic mass is 16.2. The van der Waals surface area contributed by atoms with Crippen LogP contribution in [0.4, 0.5) is 0 Å². The maximum Gasteiger partial charge on any atom is 0.261 e. The Morgan fingerprint density at radius 1 is 1.21 bits per heavy atom. The van der Waals surface area contributed by atoms with Gasteiger partial charge >= 0.3 is 0 Å². The number of imide groups is 1. The van der Waals surface area contributed by atoms with Gasteiger partial charge in [-0.15, -0.1) is 0 Å². The molecule has 0 N–H and O–H groups in total. The molecule has 106 valence electrons. The monoisotopic (exact) mass is 263 g/mol. The first-order valence-corrected chi connectivity index (χ1v) is 6.88. The van der Waals surface area contributed by atoms with E-state index in [-0.39, 0.29) is 23.1 Å². The second kappa shape index (κ2) is 5.32. The predicted octanol–water partition coefficient (Wildman–Crippen LogP) is 3.32. The van der Waals surface area contributed by atoms with Gasteiger partial charge in [0.1, 0.15) is 0 Å².